The van der Waals surface area contributed by atoms with Crippen molar-refractivity contribution in [2.24, 2.45) is 0 Å². The number of ether oxygens (including phenoxy) is 2. The van der Waals surface area contributed by atoms with Gasteiger partial charge in [0.2, 0.25) is 5.95 Å². The van der Waals surface area contributed by atoms with Crippen molar-refractivity contribution in [3.05, 3.63) is 81.8 Å². The summed E-state index contributed by atoms with van der Waals surface area (Å²) in [6.07, 6.45) is 0.533. The standard InChI is InChI=1S/C24H28N4O3/c1-30-17-22-21(15-18-7-4-3-5-8-18)23(29)26-24(25-22)28-13-11-27(12-14-28)19-9-6-10-20(16-19)31-2/h3-10,16H,11-15,17H2,1-2H3,(H,25,26,29). The number of aromatic nitrogens is 2. The summed E-state index contributed by atoms with van der Waals surface area (Å²) in [5.41, 5.74) is 3.47. The molecule has 2 heterocycles. The highest BCUT2D eigenvalue weighted by Gasteiger charge is 2.21. The summed E-state index contributed by atoms with van der Waals surface area (Å²) >= 11 is 0. The van der Waals surface area contributed by atoms with Gasteiger partial charge >= 0.3 is 0 Å². The van der Waals surface area contributed by atoms with Gasteiger partial charge in [0.05, 0.1) is 19.4 Å². The maximum absolute atomic E-state index is 12.9. The van der Waals surface area contributed by atoms with Crippen LogP contribution in [0.2, 0.25) is 0 Å². The van der Waals surface area contributed by atoms with Crippen LogP contribution in [0.15, 0.2) is 59.4 Å². The largest absolute Gasteiger partial charge is 0.497 e. The highest BCUT2D eigenvalue weighted by atomic mass is 16.5. The lowest BCUT2D eigenvalue weighted by atomic mass is 10.0. The molecule has 162 valence electrons. The Balaban J connectivity index is 1.51. The lowest BCUT2D eigenvalue weighted by Gasteiger charge is -2.36. The first-order chi connectivity index (χ1) is 15.2. The lowest BCUT2D eigenvalue weighted by Crippen LogP contribution is -2.47. The fraction of sp³-hybridized carbons (Fsp3) is 0.333. The first kappa shape index (κ1) is 20.9. The second kappa shape index (κ2) is 9.66. The Morgan fingerprint density at radius 3 is 2.42 bits per heavy atom. The smallest absolute Gasteiger partial charge is 0.256 e. The molecule has 0 radical (unpaired) electrons. The number of piperazine rings is 1. The minimum absolute atomic E-state index is 0.101. The van der Waals surface area contributed by atoms with Crippen molar-refractivity contribution >= 4 is 11.6 Å². The molecule has 0 bridgehead atoms. The molecule has 1 fully saturated rings. The fourth-order valence-electron chi connectivity index (χ4n) is 3.90. The predicted octanol–water partition coefficient (Wildman–Crippen LogP) is 2.84. The van der Waals surface area contributed by atoms with E-state index < -0.39 is 0 Å². The zero-order chi connectivity index (χ0) is 21.6. The van der Waals surface area contributed by atoms with E-state index in [9.17, 15) is 4.79 Å². The van der Waals surface area contributed by atoms with Gasteiger partial charge in [-0.15, -0.1) is 0 Å². The molecule has 1 aromatic heterocycles. The number of hydrogen-bond acceptors (Lipinski definition) is 6. The maximum atomic E-state index is 12.9. The van der Waals surface area contributed by atoms with Gasteiger partial charge in [-0.25, -0.2) is 4.98 Å². The number of nitrogens with zero attached hydrogens (tertiary/aromatic N) is 3. The maximum Gasteiger partial charge on any atom is 0.256 e. The molecule has 2 aromatic carbocycles. The summed E-state index contributed by atoms with van der Waals surface area (Å²) in [7, 11) is 3.31. The van der Waals surface area contributed by atoms with Gasteiger partial charge < -0.3 is 19.3 Å². The molecule has 0 amide bonds. The minimum Gasteiger partial charge on any atom is -0.497 e. The third-order valence-electron chi connectivity index (χ3n) is 5.59. The van der Waals surface area contributed by atoms with Gasteiger partial charge in [-0.05, 0) is 17.7 Å². The molecule has 0 spiro atoms. The Labute approximate surface area is 182 Å². The van der Waals surface area contributed by atoms with Gasteiger partial charge in [0.1, 0.15) is 5.75 Å². The van der Waals surface area contributed by atoms with Crippen LogP contribution in [-0.4, -0.2) is 50.4 Å². The average Bonchev–Trinajstić information content (AvgIpc) is 2.82. The van der Waals surface area contributed by atoms with E-state index in [0.717, 1.165) is 43.2 Å². The van der Waals surface area contributed by atoms with E-state index in [1.165, 1.54) is 0 Å². The van der Waals surface area contributed by atoms with Crippen molar-refractivity contribution < 1.29 is 9.47 Å². The summed E-state index contributed by atoms with van der Waals surface area (Å²) in [6.45, 7) is 3.52. The Morgan fingerprint density at radius 1 is 0.968 bits per heavy atom. The summed E-state index contributed by atoms with van der Waals surface area (Å²) < 4.78 is 10.7. The van der Waals surface area contributed by atoms with E-state index in [2.05, 4.69) is 20.9 Å². The Hall–Kier alpha value is -3.32. The molecule has 0 saturated carbocycles. The molecular weight excluding hydrogens is 392 g/mol. The van der Waals surface area contributed by atoms with E-state index >= 15 is 0 Å². The van der Waals surface area contributed by atoms with Gasteiger partial charge in [-0.2, -0.15) is 0 Å². The number of H-pyrrole nitrogens is 1. The molecule has 1 N–H and O–H groups in total. The molecule has 0 unspecified atom stereocenters. The first-order valence-electron chi connectivity index (χ1n) is 10.5. The molecule has 1 saturated heterocycles. The van der Waals surface area contributed by atoms with Crippen LogP contribution in [0.1, 0.15) is 16.8 Å². The average molecular weight is 421 g/mol. The number of hydrogen-bond donors (Lipinski definition) is 1. The van der Waals surface area contributed by atoms with Crippen molar-refractivity contribution in [1.29, 1.82) is 0 Å². The third kappa shape index (κ3) is 4.88. The topological polar surface area (TPSA) is 70.7 Å². The van der Waals surface area contributed by atoms with Crippen LogP contribution in [0.5, 0.6) is 5.75 Å². The molecule has 1 aliphatic rings. The first-order valence-corrected chi connectivity index (χ1v) is 10.5. The number of nitrogens with one attached hydrogen (secondary N) is 1. The Kier molecular flexibility index (Phi) is 6.52. The second-order valence-electron chi connectivity index (χ2n) is 7.59. The molecule has 3 aromatic rings. The van der Waals surface area contributed by atoms with E-state index in [1.54, 1.807) is 14.2 Å². The highest BCUT2D eigenvalue weighted by molar-refractivity contribution is 5.52. The fourth-order valence-corrected chi connectivity index (χ4v) is 3.90. The van der Waals surface area contributed by atoms with Crippen molar-refractivity contribution in [1.82, 2.24) is 9.97 Å². The number of rotatable bonds is 7. The van der Waals surface area contributed by atoms with Crippen LogP contribution < -0.4 is 20.1 Å². The molecule has 0 aliphatic carbocycles. The summed E-state index contributed by atoms with van der Waals surface area (Å²) in [6, 6.07) is 18.0. The molecule has 4 rings (SSSR count). The molecule has 7 heteroatoms. The Morgan fingerprint density at radius 2 is 1.71 bits per heavy atom. The van der Waals surface area contributed by atoms with Gasteiger partial charge in [0.15, 0.2) is 0 Å². The predicted molar refractivity (Wildman–Crippen MR) is 122 cm³/mol. The molecule has 0 atom stereocenters. The van der Waals surface area contributed by atoms with Crippen LogP contribution in [0, 0.1) is 0 Å². The molecular formula is C24H28N4O3. The van der Waals surface area contributed by atoms with E-state index in [4.69, 9.17) is 14.5 Å². The van der Waals surface area contributed by atoms with E-state index in [1.807, 2.05) is 48.5 Å². The number of aromatic amines is 1. The van der Waals surface area contributed by atoms with Crippen molar-refractivity contribution in [3.8, 4) is 5.75 Å². The summed E-state index contributed by atoms with van der Waals surface area (Å²) in [5.74, 6) is 1.46. The second-order valence-corrected chi connectivity index (χ2v) is 7.59. The normalized spacial score (nSPS) is 14.0. The van der Waals surface area contributed by atoms with E-state index in [-0.39, 0.29) is 5.56 Å². The highest BCUT2D eigenvalue weighted by Crippen LogP contribution is 2.23. The van der Waals surface area contributed by atoms with Crippen molar-refractivity contribution in [3.63, 3.8) is 0 Å². The number of benzene rings is 2. The van der Waals surface area contributed by atoms with Crippen LogP contribution in [0.4, 0.5) is 11.6 Å². The van der Waals surface area contributed by atoms with Gasteiger partial charge in [0.25, 0.3) is 5.56 Å². The summed E-state index contributed by atoms with van der Waals surface area (Å²) in [5, 5.41) is 0. The molecule has 1 aliphatic heterocycles. The van der Waals surface area contributed by atoms with E-state index in [0.29, 0.717) is 30.2 Å². The Bertz CT molecular complexity index is 1060. The zero-order valence-electron chi connectivity index (χ0n) is 18.0. The van der Waals surface area contributed by atoms with Gasteiger partial charge in [-0.3, -0.25) is 9.78 Å². The van der Waals surface area contributed by atoms with Gasteiger partial charge in [0, 0.05) is 57.0 Å². The summed E-state index contributed by atoms with van der Waals surface area (Å²) in [4.78, 5) is 25.2. The molecule has 7 nitrogen and oxygen atoms in total. The van der Waals surface area contributed by atoms with Crippen LogP contribution in [0.25, 0.3) is 0 Å². The minimum atomic E-state index is -0.101. The number of anilines is 2. The zero-order valence-corrected chi connectivity index (χ0v) is 18.0. The van der Waals surface area contributed by atoms with Crippen molar-refractivity contribution in [2.75, 3.05) is 50.2 Å². The quantitative estimate of drug-likeness (QED) is 0.634. The van der Waals surface area contributed by atoms with Crippen molar-refractivity contribution in [2.45, 2.75) is 13.0 Å². The van der Waals surface area contributed by atoms with Crippen LogP contribution in [-0.2, 0) is 17.8 Å². The lowest BCUT2D eigenvalue weighted by molar-refractivity contribution is 0.180. The SMILES string of the molecule is COCc1nc(N2CCN(c3cccc(OC)c3)CC2)[nH]c(=O)c1Cc1ccccc1. The number of methoxy groups -OCH3 is 2. The molecule has 31 heavy (non-hydrogen) atoms. The van der Waals surface area contributed by atoms with Crippen LogP contribution in [0.3, 0.4) is 0 Å². The van der Waals surface area contributed by atoms with Crippen LogP contribution >= 0.6 is 0 Å². The third-order valence-corrected chi connectivity index (χ3v) is 5.59. The van der Waals surface area contributed by atoms with Gasteiger partial charge in [-0.1, -0.05) is 36.4 Å². The monoisotopic (exact) mass is 420 g/mol.